The van der Waals surface area contributed by atoms with Crippen molar-refractivity contribution in [2.45, 2.75) is 0 Å². The second-order valence-corrected chi connectivity index (χ2v) is 4.08. The fourth-order valence-electron chi connectivity index (χ4n) is 1.57. The number of anilines is 2. The number of methoxy groups -OCH3 is 1. The predicted molar refractivity (Wildman–Crippen MR) is 76.4 cm³/mol. The number of aromatic nitrogens is 1. The highest BCUT2D eigenvalue weighted by molar-refractivity contribution is 7.80. The zero-order chi connectivity index (χ0) is 13.0. The minimum atomic E-state index is 0.336. The lowest BCUT2D eigenvalue weighted by molar-refractivity contribution is 0.415. The third-order valence-electron chi connectivity index (χ3n) is 2.44. The number of pyridine rings is 1. The second kappa shape index (κ2) is 5.46. The van der Waals surface area contributed by atoms with Crippen LogP contribution < -0.4 is 15.8 Å². The number of nitrogens with zero attached hydrogens (tertiary/aromatic N) is 1. The molecule has 18 heavy (non-hydrogen) atoms. The van der Waals surface area contributed by atoms with Gasteiger partial charge in [0.15, 0.2) is 0 Å². The van der Waals surface area contributed by atoms with Crippen LogP contribution in [0.4, 0.5) is 11.4 Å². The van der Waals surface area contributed by atoms with Crippen molar-refractivity contribution in [2.75, 3.05) is 12.4 Å². The van der Waals surface area contributed by atoms with Crippen LogP contribution in [-0.2, 0) is 0 Å². The van der Waals surface area contributed by atoms with Crippen molar-refractivity contribution < 1.29 is 4.74 Å². The summed E-state index contributed by atoms with van der Waals surface area (Å²) < 4.78 is 5.16. The summed E-state index contributed by atoms with van der Waals surface area (Å²) in [5.74, 6) is 0.778. The minimum absolute atomic E-state index is 0.336. The Hall–Kier alpha value is -2.14. The average Bonchev–Trinajstić information content (AvgIpc) is 2.39. The van der Waals surface area contributed by atoms with E-state index < -0.39 is 0 Å². The van der Waals surface area contributed by atoms with Crippen molar-refractivity contribution in [1.29, 1.82) is 0 Å². The van der Waals surface area contributed by atoms with Crippen molar-refractivity contribution in [3.05, 3.63) is 48.3 Å². The molecule has 1 heterocycles. The molecule has 1 aromatic heterocycles. The first-order chi connectivity index (χ1) is 8.70. The molecule has 92 valence electrons. The highest BCUT2D eigenvalue weighted by Gasteiger charge is 2.05. The molecule has 0 amide bonds. The highest BCUT2D eigenvalue weighted by Crippen LogP contribution is 2.23. The van der Waals surface area contributed by atoms with Crippen LogP contribution >= 0.6 is 12.2 Å². The Morgan fingerprint density at radius 1 is 1.39 bits per heavy atom. The molecule has 2 rings (SSSR count). The van der Waals surface area contributed by atoms with Gasteiger partial charge in [-0.15, -0.1) is 0 Å². The second-order valence-electron chi connectivity index (χ2n) is 3.64. The van der Waals surface area contributed by atoms with E-state index in [1.165, 1.54) is 0 Å². The van der Waals surface area contributed by atoms with Crippen molar-refractivity contribution in [3.8, 4) is 5.75 Å². The number of hydrogen-bond acceptors (Lipinski definition) is 4. The molecule has 0 saturated carbocycles. The van der Waals surface area contributed by atoms with E-state index in [9.17, 15) is 0 Å². The first kappa shape index (κ1) is 12.3. The molecule has 4 nitrogen and oxygen atoms in total. The van der Waals surface area contributed by atoms with Crippen LogP contribution in [0.1, 0.15) is 5.56 Å². The van der Waals surface area contributed by atoms with Gasteiger partial charge in [0.05, 0.1) is 19.0 Å². The first-order valence-corrected chi connectivity index (χ1v) is 5.76. The first-order valence-electron chi connectivity index (χ1n) is 5.35. The molecule has 3 N–H and O–H groups in total. The van der Waals surface area contributed by atoms with E-state index in [4.69, 9.17) is 22.7 Å². The van der Waals surface area contributed by atoms with Gasteiger partial charge in [0.25, 0.3) is 0 Å². The lowest BCUT2D eigenvalue weighted by Gasteiger charge is -2.11. The maximum Gasteiger partial charge on any atom is 0.120 e. The third kappa shape index (κ3) is 2.75. The molecule has 0 radical (unpaired) electrons. The van der Waals surface area contributed by atoms with E-state index in [1.807, 2.05) is 24.3 Å². The zero-order valence-corrected chi connectivity index (χ0v) is 10.7. The van der Waals surface area contributed by atoms with Gasteiger partial charge in [0, 0.05) is 23.5 Å². The summed E-state index contributed by atoms with van der Waals surface area (Å²) in [4.78, 5) is 4.39. The summed E-state index contributed by atoms with van der Waals surface area (Å²) in [6.45, 7) is 0. The van der Waals surface area contributed by atoms with E-state index >= 15 is 0 Å². The molecule has 0 atom stereocenters. The summed E-state index contributed by atoms with van der Waals surface area (Å²) in [5.41, 5.74) is 8.09. The molecule has 0 aliphatic carbocycles. The normalized spacial score (nSPS) is 9.83. The molecular formula is C13H13N3OS. The summed E-state index contributed by atoms with van der Waals surface area (Å²) in [6.07, 6.45) is 3.35. The maximum absolute atomic E-state index is 5.66. The highest BCUT2D eigenvalue weighted by atomic mass is 32.1. The van der Waals surface area contributed by atoms with Gasteiger partial charge in [-0.3, -0.25) is 4.98 Å². The van der Waals surface area contributed by atoms with E-state index in [2.05, 4.69) is 10.3 Å². The Labute approximate surface area is 111 Å². The fraction of sp³-hybridized carbons (Fsp3) is 0.0769. The van der Waals surface area contributed by atoms with Crippen molar-refractivity contribution >= 4 is 28.6 Å². The van der Waals surface area contributed by atoms with Gasteiger partial charge in [-0.05, 0) is 18.2 Å². The van der Waals surface area contributed by atoms with Crippen LogP contribution in [0.3, 0.4) is 0 Å². The quantitative estimate of drug-likeness (QED) is 0.826. The summed E-state index contributed by atoms with van der Waals surface area (Å²) in [6, 6.07) is 9.38. The minimum Gasteiger partial charge on any atom is -0.497 e. The monoisotopic (exact) mass is 259 g/mol. The van der Waals surface area contributed by atoms with Crippen LogP contribution in [0.2, 0.25) is 0 Å². The molecule has 0 spiro atoms. The number of nitrogens with two attached hydrogens (primary N) is 1. The Morgan fingerprint density at radius 3 is 2.94 bits per heavy atom. The molecule has 2 aromatic rings. The van der Waals surface area contributed by atoms with Gasteiger partial charge in [-0.25, -0.2) is 0 Å². The number of nitrogens with one attached hydrogen (secondary N) is 1. The van der Waals surface area contributed by atoms with E-state index in [0.717, 1.165) is 22.7 Å². The Bertz CT molecular complexity index is 572. The smallest absolute Gasteiger partial charge is 0.120 e. The number of rotatable bonds is 4. The number of benzene rings is 1. The SMILES string of the molecule is COc1cccc(Nc2cnccc2C(N)=S)c1. The fourth-order valence-corrected chi connectivity index (χ4v) is 1.74. The molecule has 1 aromatic carbocycles. The van der Waals surface area contributed by atoms with E-state index in [0.29, 0.717) is 4.99 Å². The topological polar surface area (TPSA) is 60.2 Å². The van der Waals surface area contributed by atoms with Crippen LogP contribution in [0.5, 0.6) is 5.75 Å². The Morgan fingerprint density at radius 2 is 2.22 bits per heavy atom. The van der Waals surface area contributed by atoms with Gasteiger partial charge in [0.2, 0.25) is 0 Å². The summed E-state index contributed by atoms with van der Waals surface area (Å²) in [7, 11) is 1.63. The van der Waals surface area contributed by atoms with Crippen molar-refractivity contribution in [1.82, 2.24) is 4.98 Å². The molecule has 5 heteroatoms. The molecule has 0 saturated heterocycles. The number of ether oxygens (including phenoxy) is 1. The van der Waals surface area contributed by atoms with Crippen LogP contribution in [0.25, 0.3) is 0 Å². The van der Waals surface area contributed by atoms with Crippen molar-refractivity contribution in [3.63, 3.8) is 0 Å². The standard InChI is InChI=1S/C13H13N3OS/c1-17-10-4-2-3-9(7-10)16-12-8-15-6-5-11(12)13(14)18/h2-8,16H,1H3,(H2,14,18). The zero-order valence-electron chi connectivity index (χ0n) is 9.88. The van der Waals surface area contributed by atoms with Crippen LogP contribution in [0.15, 0.2) is 42.7 Å². The largest absolute Gasteiger partial charge is 0.497 e. The molecule has 0 fully saturated rings. The van der Waals surface area contributed by atoms with E-state index in [-0.39, 0.29) is 0 Å². The molecule has 0 unspecified atom stereocenters. The molecule has 0 bridgehead atoms. The van der Waals surface area contributed by atoms with Gasteiger partial charge in [0.1, 0.15) is 10.7 Å². The lowest BCUT2D eigenvalue weighted by atomic mass is 10.2. The van der Waals surface area contributed by atoms with E-state index in [1.54, 1.807) is 25.6 Å². The molecule has 0 aliphatic rings. The van der Waals surface area contributed by atoms with Crippen molar-refractivity contribution in [2.24, 2.45) is 5.73 Å². The van der Waals surface area contributed by atoms with Gasteiger partial charge < -0.3 is 15.8 Å². The van der Waals surface area contributed by atoms with Crippen LogP contribution in [-0.4, -0.2) is 17.1 Å². The molecular weight excluding hydrogens is 246 g/mol. The number of hydrogen-bond donors (Lipinski definition) is 2. The van der Waals surface area contributed by atoms with Gasteiger partial charge in [-0.2, -0.15) is 0 Å². The third-order valence-corrected chi connectivity index (χ3v) is 2.66. The Balaban J connectivity index is 2.31. The number of thiocarbonyl (C=S) groups is 1. The van der Waals surface area contributed by atoms with Gasteiger partial charge in [-0.1, -0.05) is 18.3 Å². The predicted octanol–water partition coefficient (Wildman–Crippen LogP) is 2.47. The average molecular weight is 259 g/mol. The Kier molecular flexibility index (Phi) is 3.74. The molecule has 0 aliphatic heterocycles. The van der Waals surface area contributed by atoms with Gasteiger partial charge >= 0.3 is 0 Å². The van der Waals surface area contributed by atoms with Crippen LogP contribution in [0, 0.1) is 0 Å². The summed E-state index contributed by atoms with van der Waals surface area (Å²) >= 11 is 5.00. The lowest BCUT2D eigenvalue weighted by Crippen LogP contribution is -2.12. The maximum atomic E-state index is 5.66. The summed E-state index contributed by atoms with van der Waals surface area (Å²) in [5, 5.41) is 3.22.